The van der Waals surface area contributed by atoms with Gasteiger partial charge in [0.1, 0.15) is 0 Å². The predicted molar refractivity (Wildman–Crippen MR) is 48.2 cm³/mol. The first kappa shape index (κ1) is 8.28. The summed E-state index contributed by atoms with van der Waals surface area (Å²) < 4.78 is 0. The summed E-state index contributed by atoms with van der Waals surface area (Å²) in [6.45, 7) is 7.91. The van der Waals surface area contributed by atoms with E-state index in [1.807, 2.05) is 0 Å². The third kappa shape index (κ3) is 2.05. The second-order valence-corrected chi connectivity index (χ2v) is 3.03. The molecule has 0 heterocycles. The molecule has 0 aromatic heterocycles. The zero-order valence-electron chi connectivity index (χ0n) is 7.09. The van der Waals surface area contributed by atoms with Crippen LogP contribution < -0.4 is 5.73 Å². The van der Waals surface area contributed by atoms with Crippen LogP contribution in [0.25, 0.3) is 0 Å². The van der Waals surface area contributed by atoms with Crippen molar-refractivity contribution in [3.8, 4) is 0 Å². The molecule has 1 unspecified atom stereocenters. The highest BCUT2D eigenvalue weighted by Crippen LogP contribution is 2.13. The topological polar surface area (TPSA) is 26.0 Å². The third-order valence-corrected chi connectivity index (χ3v) is 1.67. The number of rotatable bonds is 1. The van der Waals surface area contributed by atoms with Crippen molar-refractivity contribution in [3.63, 3.8) is 0 Å². The first-order valence-corrected chi connectivity index (χ1v) is 3.76. The molecule has 1 rings (SSSR count). The van der Waals surface area contributed by atoms with Gasteiger partial charge in [-0.25, -0.2) is 0 Å². The second-order valence-electron chi connectivity index (χ2n) is 3.03. The molecule has 0 amide bonds. The number of benzene rings is 1. The van der Waals surface area contributed by atoms with E-state index in [2.05, 4.69) is 39.0 Å². The Bertz CT molecular complexity index is 231. The molecule has 0 saturated heterocycles. The van der Waals surface area contributed by atoms with Gasteiger partial charge in [-0.05, 0) is 26.3 Å². The Balaban J connectivity index is 3.08. The summed E-state index contributed by atoms with van der Waals surface area (Å²) in [5.41, 5.74) is 9.25. The van der Waals surface area contributed by atoms with Crippen LogP contribution in [-0.2, 0) is 0 Å². The monoisotopic (exact) mass is 148 g/mol. The van der Waals surface area contributed by atoms with Crippen LogP contribution in [0.3, 0.4) is 0 Å². The molecule has 59 valence electrons. The average molecular weight is 148 g/mol. The highest BCUT2D eigenvalue weighted by atomic mass is 14.6. The highest BCUT2D eigenvalue weighted by molar-refractivity contribution is 5.30. The molecule has 0 spiro atoms. The van der Waals surface area contributed by atoms with Crippen LogP contribution in [0.1, 0.15) is 22.7 Å². The Morgan fingerprint density at radius 2 is 1.64 bits per heavy atom. The highest BCUT2D eigenvalue weighted by Gasteiger charge is 1.99. The van der Waals surface area contributed by atoms with E-state index >= 15 is 0 Å². The lowest BCUT2D eigenvalue weighted by Gasteiger charge is -2.07. The van der Waals surface area contributed by atoms with Gasteiger partial charge in [0, 0.05) is 6.04 Å². The molecule has 11 heavy (non-hydrogen) atoms. The Morgan fingerprint density at radius 1 is 1.18 bits per heavy atom. The lowest BCUT2D eigenvalue weighted by Crippen LogP contribution is -2.05. The van der Waals surface area contributed by atoms with Crippen molar-refractivity contribution in [2.75, 3.05) is 0 Å². The maximum absolute atomic E-state index is 5.64. The van der Waals surface area contributed by atoms with Gasteiger partial charge in [-0.1, -0.05) is 29.3 Å². The van der Waals surface area contributed by atoms with Gasteiger partial charge < -0.3 is 5.73 Å². The largest absolute Gasteiger partial charge is 0.324 e. The quantitative estimate of drug-likeness (QED) is 0.648. The number of aryl methyl sites for hydroxylation is 2. The van der Waals surface area contributed by atoms with Crippen molar-refractivity contribution in [2.24, 2.45) is 5.73 Å². The van der Waals surface area contributed by atoms with E-state index in [-0.39, 0.29) is 6.04 Å². The van der Waals surface area contributed by atoms with E-state index in [9.17, 15) is 0 Å². The summed E-state index contributed by atoms with van der Waals surface area (Å²) in [6.07, 6.45) is 0. The molecule has 0 aliphatic carbocycles. The number of hydrogen-bond donors (Lipinski definition) is 1. The number of nitrogens with two attached hydrogens (primary N) is 1. The SMILES string of the molecule is [CH2]C(N)c1cc(C)cc(C)c1. The van der Waals surface area contributed by atoms with Gasteiger partial charge in [0.2, 0.25) is 0 Å². The molecular formula is C10H14N. The molecule has 1 aromatic rings. The Kier molecular flexibility index (Phi) is 2.30. The van der Waals surface area contributed by atoms with Crippen molar-refractivity contribution >= 4 is 0 Å². The zero-order valence-corrected chi connectivity index (χ0v) is 7.09. The van der Waals surface area contributed by atoms with Gasteiger partial charge in [-0.15, -0.1) is 0 Å². The van der Waals surface area contributed by atoms with Crippen LogP contribution in [0.2, 0.25) is 0 Å². The summed E-state index contributed by atoms with van der Waals surface area (Å²) in [4.78, 5) is 0. The van der Waals surface area contributed by atoms with Crippen LogP contribution in [0.15, 0.2) is 18.2 Å². The summed E-state index contributed by atoms with van der Waals surface area (Å²) in [7, 11) is 0. The lowest BCUT2D eigenvalue weighted by atomic mass is 10.0. The molecule has 0 bridgehead atoms. The fourth-order valence-electron chi connectivity index (χ4n) is 1.22. The standard InChI is InChI=1S/C10H14N/c1-7-4-8(2)6-10(5-7)9(3)11/h4-6,9H,3,11H2,1-2H3. The van der Waals surface area contributed by atoms with Crippen molar-refractivity contribution in [2.45, 2.75) is 19.9 Å². The minimum atomic E-state index is -0.103. The molecule has 0 aliphatic heterocycles. The molecular weight excluding hydrogens is 134 g/mol. The van der Waals surface area contributed by atoms with E-state index < -0.39 is 0 Å². The summed E-state index contributed by atoms with van der Waals surface area (Å²) >= 11 is 0. The molecule has 1 nitrogen and oxygen atoms in total. The molecule has 0 aliphatic rings. The first-order valence-electron chi connectivity index (χ1n) is 3.76. The lowest BCUT2D eigenvalue weighted by molar-refractivity contribution is 0.903. The van der Waals surface area contributed by atoms with Crippen LogP contribution in [0.4, 0.5) is 0 Å². The van der Waals surface area contributed by atoms with Crippen molar-refractivity contribution < 1.29 is 0 Å². The van der Waals surface area contributed by atoms with E-state index in [4.69, 9.17) is 5.73 Å². The van der Waals surface area contributed by atoms with E-state index in [0.29, 0.717) is 0 Å². The summed E-state index contributed by atoms with van der Waals surface area (Å²) in [5.74, 6) is 0. The van der Waals surface area contributed by atoms with Gasteiger partial charge in [0.15, 0.2) is 0 Å². The molecule has 2 N–H and O–H groups in total. The van der Waals surface area contributed by atoms with Crippen LogP contribution >= 0.6 is 0 Å². The smallest absolute Gasteiger partial charge is 0.0295 e. The van der Waals surface area contributed by atoms with Gasteiger partial charge >= 0.3 is 0 Å². The van der Waals surface area contributed by atoms with Gasteiger partial charge in [0.05, 0.1) is 0 Å². The molecule has 0 saturated carbocycles. The zero-order chi connectivity index (χ0) is 8.43. The molecule has 1 radical (unpaired) electrons. The Labute approximate surface area is 68.2 Å². The summed E-state index contributed by atoms with van der Waals surface area (Å²) in [6, 6.07) is 6.18. The number of hydrogen-bond acceptors (Lipinski definition) is 1. The van der Waals surface area contributed by atoms with Crippen molar-refractivity contribution in [3.05, 3.63) is 41.8 Å². The van der Waals surface area contributed by atoms with Gasteiger partial charge in [0.25, 0.3) is 0 Å². The Hall–Kier alpha value is -0.820. The van der Waals surface area contributed by atoms with E-state index in [1.165, 1.54) is 11.1 Å². The Morgan fingerprint density at radius 3 is 2.00 bits per heavy atom. The molecule has 1 heteroatoms. The van der Waals surface area contributed by atoms with Gasteiger partial charge in [-0.3, -0.25) is 0 Å². The molecule has 1 aromatic carbocycles. The fourth-order valence-corrected chi connectivity index (χ4v) is 1.22. The normalized spacial score (nSPS) is 13.1. The molecule has 0 fully saturated rings. The van der Waals surface area contributed by atoms with E-state index in [0.717, 1.165) is 5.56 Å². The van der Waals surface area contributed by atoms with Crippen LogP contribution in [-0.4, -0.2) is 0 Å². The van der Waals surface area contributed by atoms with Crippen LogP contribution in [0, 0.1) is 20.8 Å². The van der Waals surface area contributed by atoms with Gasteiger partial charge in [-0.2, -0.15) is 0 Å². The fraction of sp³-hybridized carbons (Fsp3) is 0.300. The second kappa shape index (κ2) is 3.05. The first-order chi connectivity index (χ1) is 5.09. The minimum Gasteiger partial charge on any atom is -0.324 e. The third-order valence-electron chi connectivity index (χ3n) is 1.67. The van der Waals surface area contributed by atoms with Crippen LogP contribution in [0.5, 0.6) is 0 Å². The minimum absolute atomic E-state index is 0.103. The van der Waals surface area contributed by atoms with E-state index in [1.54, 1.807) is 0 Å². The molecule has 1 atom stereocenters. The van der Waals surface area contributed by atoms with Crippen molar-refractivity contribution in [1.29, 1.82) is 0 Å². The maximum Gasteiger partial charge on any atom is 0.0295 e. The predicted octanol–water partition coefficient (Wildman–Crippen LogP) is 2.14. The van der Waals surface area contributed by atoms with Crippen molar-refractivity contribution in [1.82, 2.24) is 0 Å². The maximum atomic E-state index is 5.64. The summed E-state index contributed by atoms with van der Waals surface area (Å²) in [5, 5.41) is 0. The average Bonchev–Trinajstić information content (AvgIpc) is 1.85.